The second kappa shape index (κ2) is 5.17. The zero-order valence-electron chi connectivity index (χ0n) is 11.3. The number of hydrogen-bond donors (Lipinski definition) is 3. The molecule has 4 N–H and O–H groups in total. The van der Waals surface area contributed by atoms with Crippen molar-refractivity contribution in [2.75, 3.05) is 12.4 Å². The van der Waals surface area contributed by atoms with Crippen LogP contribution in [-0.2, 0) is 0 Å². The van der Waals surface area contributed by atoms with Gasteiger partial charge >= 0.3 is 0 Å². The first kappa shape index (κ1) is 12.4. The summed E-state index contributed by atoms with van der Waals surface area (Å²) < 4.78 is 0. The van der Waals surface area contributed by atoms with Crippen LogP contribution < -0.4 is 11.1 Å². The number of H-pyrrole nitrogens is 1. The summed E-state index contributed by atoms with van der Waals surface area (Å²) in [7, 11) is 1.86. The average Bonchev–Trinajstić information content (AvgIpc) is 2.90. The quantitative estimate of drug-likeness (QED) is 0.791. The Labute approximate surface area is 113 Å². The highest BCUT2D eigenvalue weighted by atomic mass is 15.1. The molecule has 19 heavy (non-hydrogen) atoms. The van der Waals surface area contributed by atoms with Crippen molar-refractivity contribution in [1.29, 1.82) is 0 Å². The zero-order valence-corrected chi connectivity index (χ0v) is 11.3. The summed E-state index contributed by atoms with van der Waals surface area (Å²) in [5.41, 5.74) is 8.07. The van der Waals surface area contributed by atoms with Crippen LogP contribution >= 0.6 is 0 Å². The van der Waals surface area contributed by atoms with Crippen molar-refractivity contribution < 1.29 is 0 Å². The van der Waals surface area contributed by atoms with E-state index in [0.717, 1.165) is 22.8 Å². The minimum Gasteiger partial charge on any atom is -0.373 e. The van der Waals surface area contributed by atoms with Gasteiger partial charge in [0, 0.05) is 7.05 Å². The second-order valence-corrected chi connectivity index (χ2v) is 5.36. The van der Waals surface area contributed by atoms with Crippen LogP contribution in [0.1, 0.15) is 44.0 Å². The molecule has 5 nitrogen and oxygen atoms in total. The van der Waals surface area contributed by atoms with E-state index in [1.54, 1.807) is 0 Å². The van der Waals surface area contributed by atoms with Gasteiger partial charge < -0.3 is 16.0 Å². The highest BCUT2D eigenvalue weighted by Crippen LogP contribution is 2.32. The molecule has 0 aromatic carbocycles. The van der Waals surface area contributed by atoms with Crippen molar-refractivity contribution in [1.82, 2.24) is 15.0 Å². The van der Waals surface area contributed by atoms with E-state index in [2.05, 4.69) is 20.3 Å². The SMILES string of the molecule is CNc1ccc2[nH]c(C(N)C3CCCCC3)nc2n1. The molecule has 2 aromatic heterocycles. The van der Waals surface area contributed by atoms with Crippen LogP contribution in [0.25, 0.3) is 11.2 Å². The van der Waals surface area contributed by atoms with Crippen molar-refractivity contribution >= 4 is 17.0 Å². The molecule has 5 heteroatoms. The van der Waals surface area contributed by atoms with Crippen LogP contribution in [0.3, 0.4) is 0 Å². The van der Waals surface area contributed by atoms with E-state index in [9.17, 15) is 0 Å². The largest absolute Gasteiger partial charge is 0.373 e. The Morgan fingerprint density at radius 2 is 2.05 bits per heavy atom. The Kier molecular flexibility index (Phi) is 3.38. The van der Waals surface area contributed by atoms with Crippen LogP contribution in [-0.4, -0.2) is 22.0 Å². The number of nitrogens with two attached hydrogens (primary N) is 1. The highest BCUT2D eigenvalue weighted by molar-refractivity contribution is 5.72. The third-order valence-electron chi connectivity index (χ3n) is 4.09. The predicted molar refractivity (Wildman–Crippen MR) is 76.9 cm³/mol. The van der Waals surface area contributed by atoms with E-state index in [1.165, 1.54) is 32.1 Å². The molecule has 1 fully saturated rings. The van der Waals surface area contributed by atoms with E-state index < -0.39 is 0 Å². The van der Waals surface area contributed by atoms with Crippen LogP contribution in [0.4, 0.5) is 5.82 Å². The fraction of sp³-hybridized carbons (Fsp3) is 0.571. The van der Waals surface area contributed by atoms with E-state index in [1.807, 2.05) is 19.2 Å². The molecule has 1 aliphatic rings. The molecule has 0 aliphatic heterocycles. The summed E-state index contributed by atoms with van der Waals surface area (Å²) >= 11 is 0. The van der Waals surface area contributed by atoms with E-state index in [0.29, 0.717) is 5.92 Å². The third kappa shape index (κ3) is 2.42. The Balaban J connectivity index is 1.87. The topological polar surface area (TPSA) is 79.6 Å². The van der Waals surface area contributed by atoms with Gasteiger partial charge in [0.15, 0.2) is 5.65 Å². The Morgan fingerprint density at radius 3 is 2.79 bits per heavy atom. The normalized spacial score (nSPS) is 18.6. The molecule has 0 saturated heterocycles. The fourth-order valence-corrected chi connectivity index (χ4v) is 2.92. The fourth-order valence-electron chi connectivity index (χ4n) is 2.92. The van der Waals surface area contributed by atoms with E-state index in [4.69, 9.17) is 5.73 Å². The number of fused-ring (bicyclic) bond motifs is 1. The molecular weight excluding hydrogens is 238 g/mol. The van der Waals surface area contributed by atoms with Gasteiger partial charge in [0.25, 0.3) is 0 Å². The van der Waals surface area contributed by atoms with Gasteiger partial charge in [-0.2, -0.15) is 0 Å². The molecule has 3 rings (SSSR count). The van der Waals surface area contributed by atoms with Gasteiger partial charge in [0.2, 0.25) is 0 Å². The van der Waals surface area contributed by atoms with Crippen molar-refractivity contribution in [3.63, 3.8) is 0 Å². The molecule has 102 valence electrons. The van der Waals surface area contributed by atoms with Gasteiger partial charge in [-0.05, 0) is 30.9 Å². The third-order valence-corrected chi connectivity index (χ3v) is 4.09. The van der Waals surface area contributed by atoms with Gasteiger partial charge in [0.05, 0.1) is 11.6 Å². The van der Waals surface area contributed by atoms with Crippen LogP contribution in [0.5, 0.6) is 0 Å². The maximum absolute atomic E-state index is 6.37. The van der Waals surface area contributed by atoms with E-state index in [-0.39, 0.29) is 6.04 Å². The maximum atomic E-state index is 6.37. The molecule has 2 aromatic rings. The molecule has 0 bridgehead atoms. The highest BCUT2D eigenvalue weighted by Gasteiger charge is 2.24. The first-order valence-corrected chi connectivity index (χ1v) is 7.08. The Morgan fingerprint density at radius 1 is 1.26 bits per heavy atom. The Bertz CT molecular complexity index is 556. The average molecular weight is 259 g/mol. The molecule has 1 unspecified atom stereocenters. The lowest BCUT2D eigenvalue weighted by molar-refractivity contribution is 0.302. The summed E-state index contributed by atoms with van der Waals surface area (Å²) in [6.07, 6.45) is 6.36. The molecular formula is C14H21N5. The van der Waals surface area contributed by atoms with Gasteiger partial charge in [-0.15, -0.1) is 0 Å². The molecule has 0 radical (unpaired) electrons. The lowest BCUT2D eigenvalue weighted by Crippen LogP contribution is -2.24. The zero-order chi connectivity index (χ0) is 13.2. The molecule has 2 heterocycles. The van der Waals surface area contributed by atoms with Gasteiger partial charge in [-0.3, -0.25) is 0 Å². The number of aromatic amines is 1. The van der Waals surface area contributed by atoms with Gasteiger partial charge in [0.1, 0.15) is 11.6 Å². The molecule has 1 atom stereocenters. The first-order chi connectivity index (χ1) is 9.28. The lowest BCUT2D eigenvalue weighted by Gasteiger charge is -2.25. The number of imidazole rings is 1. The Hall–Kier alpha value is -1.62. The smallest absolute Gasteiger partial charge is 0.179 e. The van der Waals surface area contributed by atoms with Gasteiger partial charge in [-0.1, -0.05) is 19.3 Å². The molecule has 1 saturated carbocycles. The van der Waals surface area contributed by atoms with Crippen LogP contribution in [0, 0.1) is 5.92 Å². The minimum atomic E-state index is 0.00698. The van der Waals surface area contributed by atoms with Crippen LogP contribution in [0.15, 0.2) is 12.1 Å². The predicted octanol–water partition coefficient (Wildman–Crippen LogP) is 2.58. The number of aromatic nitrogens is 3. The van der Waals surface area contributed by atoms with Gasteiger partial charge in [-0.25, -0.2) is 9.97 Å². The summed E-state index contributed by atoms with van der Waals surface area (Å²) in [5, 5.41) is 3.02. The number of anilines is 1. The number of nitrogens with zero attached hydrogens (tertiary/aromatic N) is 2. The van der Waals surface area contributed by atoms with Crippen molar-refractivity contribution in [2.24, 2.45) is 11.7 Å². The first-order valence-electron chi connectivity index (χ1n) is 7.08. The molecule has 0 amide bonds. The summed E-state index contributed by atoms with van der Waals surface area (Å²) in [6.45, 7) is 0. The molecule has 1 aliphatic carbocycles. The lowest BCUT2D eigenvalue weighted by atomic mass is 9.84. The summed E-state index contributed by atoms with van der Waals surface area (Å²) in [5.74, 6) is 2.26. The second-order valence-electron chi connectivity index (χ2n) is 5.36. The van der Waals surface area contributed by atoms with Crippen molar-refractivity contribution in [2.45, 2.75) is 38.1 Å². The number of nitrogens with one attached hydrogen (secondary N) is 2. The van der Waals surface area contributed by atoms with Crippen molar-refractivity contribution in [3.05, 3.63) is 18.0 Å². The monoisotopic (exact) mass is 259 g/mol. The molecule has 0 spiro atoms. The summed E-state index contributed by atoms with van der Waals surface area (Å²) in [6, 6.07) is 3.95. The van der Waals surface area contributed by atoms with E-state index >= 15 is 0 Å². The summed E-state index contributed by atoms with van der Waals surface area (Å²) in [4.78, 5) is 12.3. The standard InChI is InChI=1S/C14H21N5/c1-16-11-8-7-10-13(18-11)19-14(17-10)12(15)9-5-3-2-4-6-9/h7-9,12H,2-6,15H2,1H3,(H2,16,17,18,19). The number of rotatable bonds is 3. The number of hydrogen-bond acceptors (Lipinski definition) is 4. The van der Waals surface area contributed by atoms with Crippen LogP contribution in [0.2, 0.25) is 0 Å². The minimum absolute atomic E-state index is 0.00698. The maximum Gasteiger partial charge on any atom is 0.179 e. The van der Waals surface area contributed by atoms with Crippen molar-refractivity contribution in [3.8, 4) is 0 Å². The number of pyridine rings is 1.